The smallest absolute Gasteiger partial charge is 0.317 e. The van der Waals surface area contributed by atoms with Gasteiger partial charge < -0.3 is 24.4 Å². The van der Waals surface area contributed by atoms with Gasteiger partial charge >= 0.3 is 6.03 Å². The van der Waals surface area contributed by atoms with Gasteiger partial charge in [-0.15, -0.1) is 0 Å². The molecule has 0 aromatic heterocycles. The molecule has 1 unspecified atom stereocenters. The molecule has 1 N–H and O–H groups in total. The molecule has 1 aromatic rings. The van der Waals surface area contributed by atoms with E-state index in [1.165, 1.54) is 0 Å². The lowest BCUT2D eigenvalue weighted by Crippen LogP contribution is -2.48. The Morgan fingerprint density at radius 2 is 1.92 bits per heavy atom. The Bertz CT molecular complexity index is 646. The van der Waals surface area contributed by atoms with Gasteiger partial charge in [-0.3, -0.25) is 0 Å². The van der Waals surface area contributed by atoms with Gasteiger partial charge in [0.15, 0.2) is 11.5 Å². The average Bonchev–Trinajstić information content (AvgIpc) is 2.65. The molecule has 0 radical (unpaired) electrons. The summed E-state index contributed by atoms with van der Waals surface area (Å²) in [5, 5.41) is 12.2. The minimum atomic E-state index is -0.470. The molecule has 1 aromatic carbocycles. The monoisotopic (exact) mass is 347 g/mol. The SMILES string of the molecule is COc1cc(CNC(=O)N2CCCC(C)(C#N)C2)cc(OC)c1OC. The molecule has 0 aliphatic carbocycles. The minimum Gasteiger partial charge on any atom is -0.493 e. The molecule has 1 atom stereocenters. The molecule has 1 heterocycles. The van der Waals surface area contributed by atoms with Crippen molar-refractivity contribution < 1.29 is 19.0 Å². The Morgan fingerprint density at radius 1 is 1.28 bits per heavy atom. The van der Waals surface area contributed by atoms with Crippen LogP contribution in [0.1, 0.15) is 25.3 Å². The molecular formula is C18H25N3O4. The summed E-state index contributed by atoms with van der Waals surface area (Å²) in [6.45, 7) is 3.34. The van der Waals surface area contributed by atoms with Gasteiger partial charge in [0.05, 0.1) is 32.8 Å². The van der Waals surface area contributed by atoms with Crippen LogP contribution in [0, 0.1) is 16.7 Å². The van der Waals surface area contributed by atoms with Gasteiger partial charge in [-0.1, -0.05) is 0 Å². The van der Waals surface area contributed by atoms with Crippen LogP contribution in [-0.2, 0) is 6.54 Å². The van der Waals surface area contributed by atoms with Crippen LogP contribution in [0.15, 0.2) is 12.1 Å². The van der Waals surface area contributed by atoms with E-state index >= 15 is 0 Å². The van der Waals surface area contributed by atoms with Gasteiger partial charge in [0.25, 0.3) is 0 Å². The maximum absolute atomic E-state index is 12.4. The van der Waals surface area contributed by atoms with Crippen molar-refractivity contribution >= 4 is 6.03 Å². The van der Waals surface area contributed by atoms with Crippen molar-refractivity contribution in [1.29, 1.82) is 5.26 Å². The second-order valence-electron chi connectivity index (χ2n) is 6.39. The molecule has 25 heavy (non-hydrogen) atoms. The predicted octanol–water partition coefficient (Wildman–Crippen LogP) is 2.55. The van der Waals surface area contributed by atoms with Gasteiger partial charge in [-0.25, -0.2) is 4.79 Å². The third-order valence-electron chi connectivity index (χ3n) is 4.42. The molecule has 1 saturated heterocycles. The number of hydrogen-bond donors (Lipinski definition) is 1. The number of carbonyl (C=O) groups is 1. The zero-order chi connectivity index (χ0) is 18.4. The van der Waals surface area contributed by atoms with Crippen molar-refractivity contribution in [3.05, 3.63) is 17.7 Å². The first-order valence-corrected chi connectivity index (χ1v) is 8.19. The number of nitriles is 1. The molecule has 1 aliphatic rings. The van der Waals surface area contributed by atoms with E-state index in [9.17, 15) is 10.1 Å². The first-order valence-electron chi connectivity index (χ1n) is 8.19. The molecule has 7 nitrogen and oxygen atoms in total. The number of benzene rings is 1. The second-order valence-corrected chi connectivity index (χ2v) is 6.39. The van der Waals surface area contributed by atoms with Crippen LogP contribution in [0.2, 0.25) is 0 Å². The Morgan fingerprint density at radius 3 is 2.44 bits per heavy atom. The standard InChI is InChI=1S/C18H25N3O4/c1-18(11-19)6-5-7-21(12-18)17(22)20-10-13-8-14(23-2)16(25-4)15(9-13)24-3/h8-9H,5-7,10,12H2,1-4H3,(H,20,22). The van der Waals surface area contributed by atoms with Crippen molar-refractivity contribution in [1.82, 2.24) is 10.2 Å². The summed E-state index contributed by atoms with van der Waals surface area (Å²) in [5.74, 6) is 1.60. The first kappa shape index (κ1) is 18.7. The zero-order valence-electron chi connectivity index (χ0n) is 15.2. The Kier molecular flexibility index (Phi) is 5.97. The number of likely N-dealkylation sites (tertiary alicyclic amines) is 1. The van der Waals surface area contributed by atoms with Crippen molar-refractivity contribution in [3.8, 4) is 23.3 Å². The summed E-state index contributed by atoms with van der Waals surface area (Å²) in [4.78, 5) is 14.1. The van der Waals surface area contributed by atoms with Crippen LogP contribution in [0.25, 0.3) is 0 Å². The van der Waals surface area contributed by atoms with Gasteiger partial charge in [0.2, 0.25) is 5.75 Å². The lowest BCUT2D eigenvalue weighted by Gasteiger charge is -2.35. The summed E-state index contributed by atoms with van der Waals surface area (Å²) >= 11 is 0. The highest BCUT2D eigenvalue weighted by atomic mass is 16.5. The van der Waals surface area contributed by atoms with Crippen molar-refractivity contribution in [2.45, 2.75) is 26.3 Å². The summed E-state index contributed by atoms with van der Waals surface area (Å²) < 4.78 is 15.9. The lowest BCUT2D eigenvalue weighted by molar-refractivity contribution is 0.147. The van der Waals surface area contributed by atoms with Crippen LogP contribution in [0.3, 0.4) is 0 Å². The summed E-state index contributed by atoms with van der Waals surface area (Å²) in [6.07, 6.45) is 1.65. The van der Waals surface area contributed by atoms with Crippen molar-refractivity contribution in [2.24, 2.45) is 5.41 Å². The maximum atomic E-state index is 12.4. The third kappa shape index (κ3) is 4.27. The molecule has 0 spiro atoms. The van der Waals surface area contributed by atoms with Crippen molar-refractivity contribution in [2.75, 3.05) is 34.4 Å². The molecule has 7 heteroatoms. The highest BCUT2D eigenvalue weighted by molar-refractivity contribution is 5.74. The van der Waals surface area contributed by atoms with Crippen LogP contribution in [-0.4, -0.2) is 45.3 Å². The summed E-state index contributed by atoms with van der Waals surface area (Å²) in [5.41, 5.74) is 0.366. The van der Waals surface area contributed by atoms with Gasteiger partial charge in [0.1, 0.15) is 0 Å². The molecule has 136 valence electrons. The Hall–Kier alpha value is -2.62. The molecule has 1 aliphatic heterocycles. The number of nitrogens with zero attached hydrogens (tertiary/aromatic N) is 2. The van der Waals surface area contributed by atoms with E-state index in [1.807, 2.05) is 6.92 Å². The number of hydrogen-bond acceptors (Lipinski definition) is 5. The minimum absolute atomic E-state index is 0.171. The van der Waals surface area contributed by atoms with Crippen molar-refractivity contribution in [3.63, 3.8) is 0 Å². The normalized spacial score (nSPS) is 19.7. The van der Waals surface area contributed by atoms with Crippen LogP contribution >= 0.6 is 0 Å². The number of ether oxygens (including phenoxy) is 3. The van der Waals surface area contributed by atoms with E-state index < -0.39 is 5.41 Å². The fourth-order valence-corrected chi connectivity index (χ4v) is 3.03. The quantitative estimate of drug-likeness (QED) is 0.885. The maximum Gasteiger partial charge on any atom is 0.317 e. The van der Waals surface area contributed by atoms with E-state index in [4.69, 9.17) is 14.2 Å². The molecule has 0 bridgehead atoms. The second kappa shape index (κ2) is 7.97. The van der Waals surface area contributed by atoms with E-state index in [0.29, 0.717) is 36.9 Å². The Labute approximate surface area is 148 Å². The fourth-order valence-electron chi connectivity index (χ4n) is 3.03. The first-order chi connectivity index (χ1) is 12.0. The van der Waals surface area contributed by atoms with E-state index in [2.05, 4.69) is 11.4 Å². The molecule has 2 amide bonds. The highest BCUT2D eigenvalue weighted by Gasteiger charge is 2.33. The van der Waals surface area contributed by atoms with Crippen LogP contribution < -0.4 is 19.5 Å². The van der Waals surface area contributed by atoms with Crippen LogP contribution in [0.5, 0.6) is 17.2 Å². The lowest BCUT2D eigenvalue weighted by atomic mass is 9.84. The largest absolute Gasteiger partial charge is 0.493 e. The number of amides is 2. The molecular weight excluding hydrogens is 322 g/mol. The summed E-state index contributed by atoms with van der Waals surface area (Å²) in [7, 11) is 4.65. The van der Waals surface area contributed by atoms with E-state index in [1.54, 1.807) is 38.4 Å². The number of methoxy groups -OCH3 is 3. The number of nitrogens with one attached hydrogen (secondary N) is 1. The molecule has 2 rings (SSSR count). The molecule has 0 saturated carbocycles. The summed E-state index contributed by atoms with van der Waals surface area (Å²) in [6, 6.07) is 5.75. The van der Waals surface area contributed by atoms with Crippen LogP contribution in [0.4, 0.5) is 4.79 Å². The average molecular weight is 347 g/mol. The van der Waals surface area contributed by atoms with Gasteiger partial charge in [-0.05, 0) is 37.5 Å². The Balaban J connectivity index is 2.06. The zero-order valence-corrected chi connectivity index (χ0v) is 15.2. The van der Waals surface area contributed by atoms with Gasteiger partial charge in [0, 0.05) is 19.6 Å². The predicted molar refractivity (Wildman–Crippen MR) is 92.9 cm³/mol. The number of carbonyl (C=O) groups excluding carboxylic acids is 1. The van der Waals surface area contributed by atoms with E-state index in [-0.39, 0.29) is 6.03 Å². The highest BCUT2D eigenvalue weighted by Crippen LogP contribution is 2.38. The number of rotatable bonds is 5. The molecule has 1 fully saturated rings. The third-order valence-corrected chi connectivity index (χ3v) is 4.42. The number of urea groups is 1. The van der Waals surface area contributed by atoms with Gasteiger partial charge in [-0.2, -0.15) is 5.26 Å². The van der Waals surface area contributed by atoms with E-state index in [0.717, 1.165) is 18.4 Å². The number of piperidine rings is 1. The topological polar surface area (TPSA) is 83.8 Å². The fraction of sp³-hybridized carbons (Fsp3) is 0.556.